The van der Waals surface area contributed by atoms with Crippen molar-refractivity contribution < 1.29 is 47.8 Å². The summed E-state index contributed by atoms with van der Waals surface area (Å²) in [4.78, 5) is 34.6. The summed E-state index contributed by atoms with van der Waals surface area (Å²) in [5.41, 5.74) is 0. The number of carbonyl (C=O) groups is 2. The van der Waals surface area contributed by atoms with Gasteiger partial charge in [0.1, 0.15) is 12.7 Å². The molecule has 0 aromatic carbocycles. The minimum Gasteiger partial charge on any atom is -0.462 e. The van der Waals surface area contributed by atoms with E-state index in [-0.39, 0.29) is 19.4 Å². The first-order valence-electron chi connectivity index (χ1n) is 19.1. The molecular weight excluding hydrogens is 659 g/mol. The molecule has 0 aliphatic rings. The number of aliphatic hydroxyl groups excluding tert-OH is 2. The Morgan fingerprint density at radius 2 is 1.10 bits per heavy atom. The number of hydrogen-bond donors (Lipinski definition) is 3. The molecule has 11 heteroatoms. The highest BCUT2D eigenvalue weighted by molar-refractivity contribution is 7.47. The molecule has 0 aromatic heterocycles. The fraction of sp³-hybridized carbons (Fsp3) is 0.744. The van der Waals surface area contributed by atoms with Gasteiger partial charge in [-0.2, -0.15) is 0 Å². The molecule has 0 saturated carbocycles. The molecule has 0 radical (unpaired) electrons. The number of phosphoric acid groups is 1. The van der Waals surface area contributed by atoms with Crippen LogP contribution in [0, 0.1) is 0 Å². The number of aliphatic hydroxyl groups is 2. The molecule has 290 valence electrons. The van der Waals surface area contributed by atoms with Crippen molar-refractivity contribution in [3.63, 3.8) is 0 Å². The van der Waals surface area contributed by atoms with Crippen LogP contribution in [0.2, 0.25) is 0 Å². The summed E-state index contributed by atoms with van der Waals surface area (Å²) in [6.45, 7) is 2.16. The zero-order chi connectivity index (χ0) is 37.0. The maximum atomic E-state index is 12.5. The molecule has 0 bridgehead atoms. The first-order valence-corrected chi connectivity index (χ1v) is 20.6. The molecule has 0 rings (SSSR count). The Labute approximate surface area is 303 Å². The predicted octanol–water partition coefficient (Wildman–Crippen LogP) is 9.38. The minimum absolute atomic E-state index is 0.174. The summed E-state index contributed by atoms with van der Waals surface area (Å²) in [6.07, 6.45) is 35.4. The van der Waals surface area contributed by atoms with E-state index < -0.39 is 51.8 Å². The van der Waals surface area contributed by atoms with Crippen molar-refractivity contribution in [2.75, 3.05) is 26.4 Å². The summed E-state index contributed by atoms with van der Waals surface area (Å²) >= 11 is 0. The number of phosphoric ester groups is 1. The smallest absolute Gasteiger partial charge is 0.462 e. The first kappa shape index (κ1) is 47.9. The molecule has 3 N–H and O–H groups in total. The predicted molar refractivity (Wildman–Crippen MR) is 201 cm³/mol. The van der Waals surface area contributed by atoms with Crippen molar-refractivity contribution in [3.05, 3.63) is 48.6 Å². The van der Waals surface area contributed by atoms with Gasteiger partial charge in [0, 0.05) is 12.8 Å². The van der Waals surface area contributed by atoms with Crippen LogP contribution < -0.4 is 0 Å². The molecular formula is C39H69O10P. The van der Waals surface area contributed by atoms with Crippen LogP contribution in [-0.2, 0) is 32.7 Å². The standard InChI is InChI=1S/C39H69O10P/c1-3-5-7-9-11-12-13-14-15-16-17-18-19-20-21-22-23-24-25-27-29-31-39(43)49-37(35-48-50(44,45)47-33-36(41)32-40)34-46-38(42)30-28-26-10-8-6-4-2/h5,7,11-12,14-15,17-18,36-37,40-41H,3-4,6,8-10,13,16,19-35H2,1-2H3,(H,44,45)/b7-5-,12-11-,15-14-,18-17-. The number of allylic oxidation sites excluding steroid dienone is 8. The van der Waals surface area contributed by atoms with E-state index in [2.05, 4.69) is 67.0 Å². The molecule has 0 aliphatic heterocycles. The summed E-state index contributed by atoms with van der Waals surface area (Å²) < 4.78 is 32.4. The van der Waals surface area contributed by atoms with Crippen LogP contribution in [0.15, 0.2) is 48.6 Å². The molecule has 0 heterocycles. The monoisotopic (exact) mass is 728 g/mol. The van der Waals surface area contributed by atoms with Gasteiger partial charge in [-0.05, 0) is 51.4 Å². The second kappa shape index (κ2) is 35.3. The highest BCUT2D eigenvalue weighted by Crippen LogP contribution is 2.43. The van der Waals surface area contributed by atoms with Gasteiger partial charge in [0.2, 0.25) is 0 Å². The van der Waals surface area contributed by atoms with Gasteiger partial charge < -0.3 is 24.6 Å². The Kier molecular flexibility index (Phi) is 33.9. The normalized spacial score (nSPS) is 14.6. The van der Waals surface area contributed by atoms with Gasteiger partial charge in [0.05, 0.1) is 19.8 Å². The van der Waals surface area contributed by atoms with Gasteiger partial charge in [0.15, 0.2) is 6.10 Å². The quantitative estimate of drug-likeness (QED) is 0.0249. The summed E-state index contributed by atoms with van der Waals surface area (Å²) in [5.74, 6) is -0.948. The third kappa shape index (κ3) is 34.4. The van der Waals surface area contributed by atoms with E-state index in [1.54, 1.807) is 0 Å². The number of hydrogen-bond acceptors (Lipinski definition) is 9. The van der Waals surface area contributed by atoms with Crippen LogP contribution in [0.4, 0.5) is 0 Å². The average molecular weight is 729 g/mol. The van der Waals surface area contributed by atoms with Crippen molar-refractivity contribution in [1.29, 1.82) is 0 Å². The van der Waals surface area contributed by atoms with E-state index in [0.717, 1.165) is 77.0 Å². The molecule has 10 nitrogen and oxygen atoms in total. The van der Waals surface area contributed by atoms with E-state index in [4.69, 9.17) is 19.1 Å². The topological polar surface area (TPSA) is 149 Å². The maximum Gasteiger partial charge on any atom is 0.472 e. The van der Waals surface area contributed by atoms with Crippen molar-refractivity contribution in [2.45, 2.75) is 161 Å². The van der Waals surface area contributed by atoms with Crippen molar-refractivity contribution in [3.8, 4) is 0 Å². The third-order valence-corrected chi connectivity index (χ3v) is 8.70. The van der Waals surface area contributed by atoms with Crippen LogP contribution in [0.25, 0.3) is 0 Å². The second-order valence-electron chi connectivity index (χ2n) is 12.6. The average Bonchev–Trinajstić information content (AvgIpc) is 3.10. The largest absolute Gasteiger partial charge is 0.472 e. The lowest BCUT2D eigenvalue weighted by Crippen LogP contribution is -2.29. The summed E-state index contributed by atoms with van der Waals surface area (Å²) in [6, 6.07) is 0. The van der Waals surface area contributed by atoms with Crippen LogP contribution in [0.3, 0.4) is 0 Å². The SMILES string of the molecule is CC/C=C\C/C=C\C/C=C\C/C=C\CCCCCCCCCCC(=O)OC(COC(=O)CCCCCCCC)COP(=O)(O)OCC(O)CO. The van der Waals surface area contributed by atoms with Crippen LogP contribution in [0.1, 0.15) is 149 Å². The molecule has 50 heavy (non-hydrogen) atoms. The second-order valence-corrected chi connectivity index (χ2v) is 14.0. The van der Waals surface area contributed by atoms with Gasteiger partial charge >= 0.3 is 19.8 Å². The number of unbranched alkanes of at least 4 members (excludes halogenated alkanes) is 13. The number of carbonyl (C=O) groups excluding carboxylic acids is 2. The van der Waals surface area contributed by atoms with Gasteiger partial charge in [-0.1, -0.05) is 133 Å². The lowest BCUT2D eigenvalue weighted by molar-refractivity contribution is -0.161. The summed E-state index contributed by atoms with van der Waals surface area (Å²) in [5, 5.41) is 18.2. The van der Waals surface area contributed by atoms with Crippen LogP contribution in [0.5, 0.6) is 0 Å². The van der Waals surface area contributed by atoms with Gasteiger partial charge in [-0.15, -0.1) is 0 Å². The molecule has 3 unspecified atom stereocenters. The van der Waals surface area contributed by atoms with Gasteiger partial charge in [-0.25, -0.2) is 4.57 Å². The molecule has 0 saturated heterocycles. The maximum absolute atomic E-state index is 12.5. The lowest BCUT2D eigenvalue weighted by atomic mass is 10.1. The number of esters is 2. The Bertz CT molecular complexity index is 978. The fourth-order valence-corrected chi connectivity index (χ4v) is 5.60. The van der Waals surface area contributed by atoms with Crippen LogP contribution in [-0.4, -0.2) is 65.7 Å². The van der Waals surface area contributed by atoms with Crippen molar-refractivity contribution in [2.24, 2.45) is 0 Å². The zero-order valence-electron chi connectivity index (χ0n) is 31.1. The fourth-order valence-electron chi connectivity index (χ4n) is 4.81. The van der Waals surface area contributed by atoms with Crippen LogP contribution >= 0.6 is 7.82 Å². The molecule has 0 spiro atoms. The lowest BCUT2D eigenvalue weighted by Gasteiger charge is -2.20. The Morgan fingerprint density at radius 1 is 0.620 bits per heavy atom. The minimum atomic E-state index is -4.61. The molecule has 0 aromatic rings. The summed E-state index contributed by atoms with van der Waals surface area (Å²) in [7, 11) is -4.61. The van der Waals surface area contributed by atoms with Crippen molar-refractivity contribution in [1.82, 2.24) is 0 Å². The Morgan fingerprint density at radius 3 is 1.66 bits per heavy atom. The Hall–Kier alpha value is -2.07. The van der Waals surface area contributed by atoms with Gasteiger partial charge in [-0.3, -0.25) is 18.6 Å². The highest BCUT2D eigenvalue weighted by Gasteiger charge is 2.27. The molecule has 0 fully saturated rings. The molecule has 0 aliphatic carbocycles. The third-order valence-electron chi connectivity index (χ3n) is 7.75. The van der Waals surface area contributed by atoms with E-state index in [9.17, 15) is 24.2 Å². The van der Waals surface area contributed by atoms with E-state index in [1.807, 2.05) is 0 Å². The van der Waals surface area contributed by atoms with E-state index in [0.29, 0.717) is 12.8 Å². The highest BCUT2D eigenvalue weighted by atomic mass is 31.2. The van der Waals surface area contributed by atoms with E-state index >= 15 is 0 Å². The first-order chi connectivity index (χ1) is 24.2. The number of rotatable bonds is 35. The van der Waals surface area contributed by atoms with Gasteiger partial charge in [0.25, 0.3) is 0 Å². The molecule has 3 atom stereocenters. The molecule has 0 amide bonds. The van der Waals surface area contributed by atoms with E-state index in [1.165, 1.54) is 32.1 Å². The zero-order valence-corrected chi connectivity index (χ0v) is 32.0. The Balaban J connectivity index is 4.22. The number of ether oxygens (including phenoxy) is 2. The van der Waals surface area contributed by atoms with Crippen molar-refractivity contribution >= 4 is 19.8 Å².